The molecule has 1 saturated heterocycles. The van der Waals surface area contributed by atoms with Crippen LogP contribution in [0.2, 0.25) is 19.1 Å². The van der Waals surface area contributed by atoms with E-state index in [-0.39, 0.29) is 30.4 Å². The van der Waals surface area contributed by atoms with Gasteiger partial charge < -0.3 is 9.47 Å². The van der Waals surface area contributed by atoms with Crippen LogP contribution in [0, 0.1) is 0 Å². The number of rotatable bonds is 11. The Morgan fingerprint density at radius 1 is 0.977 bits per heavy atom. The van der Waals surface area contributed by atoms with E-state index in [1.54, 1.807) is 0 Å². The van der Waals surface area contributed by atoms with Crippen molar-refractivity contribution >= 4 is 19.4 Å². The van der Waals surface area contributed by atoms with Crippen LogP contribution in [0.15, 0.2) is 55.1 Å². The number of amides is 1. The molecule has 0 unspecified atom stereocenters. The highest BCUT2D eigenvalue weighted by Crippen LogP contribution is 2.41. The summed E-state index contributed by atoms with van der Waals surface area (Å²) in [5, 5.41) is 1.41. The maximum atomic E-state index is 13.9. The van der Waals surface area contributed by atoms with Gasteiger partial charge in [0.15, 0.2) is 0 Å². The maximum Gasteiger partial charge on any atom is 0.410 e. The minimum atomic E-state index is -1.87. The Bertz CT molecular complexity index is 1200. The van der Waals surface area contributed by atoms with Gasteiger partial charge in [-0.3, -0.25) is 4.90 Å². The Balaban J connectivity index is 2.05. The molecule has 4 atom stereocenters. The molecule has 43 heavy (non-hydrogen) atoms. The van der Waals surface area contributed by atoms with Gasteiger partial charge in [-0.2, -0.15) is 0 Å². The predicted molar refractivity (Wildman–Crippen MR) is 185 cm³/mol. The number of carbonyl (C=O) groups is 1. The summed E-state index contributed by atoms with van der Waals surface area (Å²) >= 11 is 0. The summed E-state index contributed by atoms with van der Waals surface area (Å²) in [7, 11) is -1.87. The molecule has 0 N–H and O–H groups in total. The van der Waals surface area contributed by atoms with Gasteiger partial charge in [0, 0.05) is 6.04 Å². The number of benzene rings is 2. The maximum absolute atomic E-state index is 13.9. The van der Waals surface area contributed by atoms with Gasteiger partial charge >= 0.3 is 6.09 Å². The van der Waals surface area contributed by atoms with Crippen molar-refractivity contribution in [3.63, 3.8) is 0 Å². The fourth-order valence-electron chi connectivity index (χ4n) is 6.76. The predicted octanol–water partition coefficient (Wildman–Crippen LogP) is 10.1. The molecule has 238 valence electrons. The van der Waals surface area contributed by atoms with E-state index in [4.69, 9.17) is 9.47 Å². The van der Waals surface area contributed by atoms with E-state index >= 15 is 0 Å². The lowest BCUT2D eigenvalue weighted by Crippen LogP contribution is -2.51. The quantitative estimate of drug-likeness (QED) is 0.189. The van der Waals surface area contributed by atoms with E-state index in [1.165, 1.54) is 27.4 Å². The molecule has 0 saturated carbocycles. The molecular formula is C38H59NO3Si. The highest BCUT2D eigenvalue weighted by molar-refractivity contribution is 6.89. The van der Waals surface area contributed by atoms with Crippen molar-refractivity contribution in [1.29, 1.82) is 0 Å². The van der Waals surface area contributed by atoms with Crippen LogP contribution in [0.1, 0.15) is 128 Å². The fraction of sp³-hybridized carbons (Fsp3) is 0.605. The number of nitrogens with zero attached hydrogens (tertiary/aromatic N) is 1. The van der Waals surface area contributed by atoms with Gasteiger partial charge in [0.25, 0.3) is 0 Å². The number of ether oxygens (including phenoxy) is 2. The standard InChI is InChI=1S/C38H59NO3Si/c1-14-18-34-35(41-28(8)36-32(26(4)5)21-29(25(2)3)22-33(36)27(6)7)23-30(39(34)37(40)42-38(9,10)11)24-43(12,13)31-19-16-15-17-20-31/h14-17,19-22,25-28,30,34-35H,1,18,23-24H2,2-13H3/t28-,30-,34+,35+/m0/s1. The van der Waals surface area contributed by atoms with Crippen LogP contribution in [0.25, 0.3) is 0 Å². The van der Waals surface area contributed by atoms with E-state index in [1.807, 2.05) is 31.7 Å². The molecular weight excluding hydrogens is 547 g/mol. The largest absolute Gasteiger partial charge is 0.444 e. The first kappa shape index (κ1) is 35.1. The van der Waals surface area contributed by atoms with Crippen LogP contribution in [-0.4, -0.2) is 42.9 Å². The van der Waals surface area contributed by atoms with E-state index in [0.717, 1.165) is 12.5 Å². The summed E-state index contributed by atoms with van der Waals surface area (Å²) < 4.78 is 13.2. The zero-order valence-corrected chi connectivity index (χ0v) is 30.2. The van der Waals surface area contributed by atoms with Gasteiger partial charge in [-0.25, -0.2) is 4.79 Å². The van der Waals surface area contributed by atoms with Crippen molar-refractivity contribution in [2.45, 2.75) is 149 Å². The number of carbonyl (C=O) groups excluding carboxylic acids is 1. The normalized spacial score (nSPS) is 20.3. The van der Waals surface area contributed by atoms with E-state index in [0.29, 0.717) is 24.2 Å². The molecule has 5 heteroatoms. The van der Waals surface area contributed by atoms with Gasteiger partial charge in [-0.1, -0.05) is 108 Å². The molecule has 0 spiro atoms. The van der Waals surface area contributed by atoms with Crippen LogP contribution < -0.4 is 5.19 Å². The molecule has 1 heterocycles. The van der Waals surface area contributed by atoms with Gasteiger partial charge in [-0.05, 0) is 86.6 Å². The summed E-state index contributed by atoms with van der Waals surface area (Å²) in [4.78, 5) is 15.9. The third kappa shape index (κ3) is 8.63. The van der Waals surface area contributed by atoms with Crippen molar-refractivity contribution < 1.29 is 14.3 Å². The molecule has 4 nitrogen and oxygen atoms in total. The Labute approximate surface area is 264 Å². The average Bonchev–Trinajstić information content (AvgIpc) is 3.22. The Hall–Kier alpha value is -2.37. The monoisotopic (exact) mass is 605 g/mol. The Morgan fingerprint density at radius 3 is 2.00 bits per heavy atom. The smallest absolute Gasteiger partial charge is 0.410 e. The first-order valence-electron chi connectivity index (χ1n) is 16.5. The highest BCUT2D eigenvalue weighted by Gasteiger charge is 2.48. The molecule has 1 aliphatic rings. The van der Waals surface area contributed by atoms with Crippen LogP contribution >= 0.6 is 0 Å². The molecule has 1 aliphatic heterocycles. The van der Waals surface area contributed by atoms with E-state index < -0.39 is 13.7 Å². The summed E-state index contributed by atoms with van der Waals surface area (Å²) in [6.45, 7) is 30.6. The van der Waals surface area contributed by atoms with Crippen molar-refractivity contribution in [2.24, 2.45) is 0 Å². The fourth-order valence-corrected chi connectivity index (χ4v) is 9.63. The third-order valence-corrected chi connectivity index (χ3v) is 12.3. The Morgan fingerprint density at radius 2 is 1.53 bits per heavy atom. The zero-order chi connectivity index (χ0) is 32.3. The van der Waals surface area contributed by atoms with Gasteiger partial charge in [0.1, 0.15) is 5.60 Å². The van der Waals surface area contributed by atoms with Gasteiger partial charge in [-0.15, -0.1) is 6.58 Å². The molecule has 2 aromatic rings. The molecule has 1 amide bonds. The molecule has 0 bridgehead atoms. The number of likely N-dealkylation sites (tertiary alicyclic amines) is 1. The molecule has 1 fully saturated rings. The molecule has 0 aromatic heterocycles. The summed E-state index contributed by atoms with van der Waals surface area (Å²) in [5.41, 5.74) is 4.88. The lowest BCUT2D eigenvalue weighted by Gasteiger charge is -2.36. The summed E-state index contributed by atoms with van der Waals surface area (Å²) in [5.74, 6) is 1.23. The van der Waals surface area contributed by atoms with Crippen LogP contribution in [0.3, 0.4) is 0 Å². The number of hydrogen-bond acceptors (Lipinski definition) is 3. The zero-order valence-electron chi connectivity index (χ0n) is 29.2. The van der Waals surface area contributed by atoms with Crippen LogP contribution in [-0.2, 0) is 9.47 Å². The van der Waals surface area contributed by atoms with Crippen LogP contribution in [0.4, 0.5) is 4.79 Å². The second-order valence-electron chi connectivity index (χ2n) is 15.2. The third-order valence-electron chi connectivity index (χ3n) is 8.96. The minimum absolute atomic E-state index is 0.0383. The van der Waals surface area contributed by atoms with Crippen molar-refractivity contribution in [2.75, 3.05) is 0 Å². The lowest BCUT2D eigenvalue weighted by molar-refractivity contribution is -0.0291. The summed E-state index contributed by atoms with van der Waals surface area (Å²) in [6, 6.07) is 16.5. The highest BCUT2D eigenvalue weighted by atomic mass is 28.3. The molecule has 3 rings (SSSR count). The van der Waals surface area contributed by atoms with Crippen molar-refractivity contribution in [3.05, 3.63) is 77.4 Å². The second kappa shape index (κ2) is 14.2. The van der Waals surface area contributed by atoms with Crippen molar-refractivity contribution in [1.82, 2.24) is 4.90 Å². The van der Waals surface area contributed by atoms with Crippen molar-refractivity contribution in [3.8, 4) is 0 Å². The topological polar surface area (TPSA) is 38.8 Å². The van der Waals surface area contributed by atoms with E-state index in [9.17, 15) is 4.79 Å². The Kier molecular flexibility index (Phi) is 11.6. The molecule has 0 radical (unpaired) electrons. The number of hydrogen-bond donors (Lipinski definition) is 0. The first-order chi connectivity index (χ1) is 20.0. The van der Waals surface area contributed by atoms with Gasteiger partial charge in [0.05, 0.1) is 26.3 Å². The van der Waals surface area contributed by atoms with Crippen LogP contribution in [0.5, 0.6) is 0 Å². The average molecular weight is 606 g/mol. The second-order valence-corrected chi connectivity index (χ2v) is 20.0. The molecule has 0 aliphatic carbocycles. The molecule has 2 aromatic carbocycles. The lowest BCUT2D eigenvalue weighted by atomic mass is 9.82. The van der Waals surface area contributed by atoms with E-state index in [2.05, 4.69) is 111 Å². The van der Waals surface area contributed by atoms with Gasteiger partial charge in [0.2, 0.25) is 0 Å². The minimum Gasteiger partial charge on any atom is -0.444 e. The summed E-state index contributed by atoms with van der Waals surface area (Å²) in [6.07, 6.45) is 2.93. The first-order valence-corrected chi connectivity index (χ1v) is 19.7. The SMILES string of the molecule is C=CC[C@@H]1[C@H](O[C@@H](C)c2c(C(C)C)cc(C(C)C)cc2C(C)C)C[C@@H](C[Si](C)(C)c2ccccc2)N1C(=O)OC(C)(C)C.